The first kappa shape index (κ1) is 9.20. The third-order valence-electron chi connectivity index (χ3n) is 2.05. The van der Waals surface area contributed by atoms with Crippen LogP contribution in [-0.4, -0.2) is 18.1 Å². The molecular formula is C10H16N2. The van der Waals surface area contributed by atoms with Crippen LogP contribution in [0.15, 0.2) is 24.4 Å². The van der Waals surface area contributed by atoms with Gasteiger partial charge in [-0.1, -0.05) is 6.07 Å². The van der Waals surface area contributed by atoms with Gasteiger partial charge in [-0.25, -0.2) is 0 Å². The van der Waals surface area contributed by atoms with Gasteiger partial charge in [0.05, 0.1) is 0 Å². The maximum absolute atomic E-state index is 4.26. The van der Waals surface area contributed by atoms with Gasteiger partial charge in [-0.2, -0.15) is 0 Å². The van der Waals surface area contributed by atoms with Gasteiger partial charge in [-0.3, -0.25) is 4.98 Å². The van der Waals surface area contributed by atoms with Crippen molar-refractivity contribution in [1.82, 2.24) is 10.3 Å². The highest BCUT2D eigenvalue weighted by Gasteiger charge is 1.98. The molecule has 1 unspecified atom stereocenters. The zero-order valence-electron chi connectivity index (χ0n) is 7.75. The second-order valence-electron chi connectivity index (χ2n) is 3.05. The summed E-state index contributed by atoms with van der Waals surface area (Å²) in [6.07, 6.45) is 4.05. The van der Waals surface area contributed by atoms with Crippen molar-refractivity contribution in [3.8, 4) is 0 Å². The molecule has 0 aliphatic carbocycles. The minimum Gasteiger partial charge on any atom is -0.317 e. The van der Waals surface area contributed by atoms with Crippen LogP contribution in [0.2, 0.25) is 0 Å². The van der Waals surface area contributed by atoms with E-state index in [1.165, 1.54) is 5.69 Å². The monoisotopic (exact) mass is 164 g/mol. The SMILES string of the molecule is CNC(C)CCc1ccccn1. The summed E-state index contributed by atoms with van der Waals surface area (Å²) in [4.78, 5) is 4.26. The lowest BCUT2D eigenvalue weighted by atomic mass is 10.1. The van der Waals surface area contributed by atoms with Gasteiger partial charge in [0.2, 0.25) is 0 Å². The molecule has 0 aromatic carbocycles. The van der Waals surface area contributed by atoms with E-state index in [1.807, 2.05) is 25.4 Å². The van der Waals surface area contributed by atoms with E-state index in [0.717, 1.165) is 12.8 Å². The van der Waals surface area contributed by atoms with E-state index in [0.29, 0.717) is 6.04 Å². The van der Waals surface area contributed by atoms with Crippen molar-refractivity contribution in [2.45, 2.75) is 25.8 Å². The van der Waals surface area contributed by atoms with Crippen molar-refractivity contribution in [2.75, 3.05) is 7.05 Å². The Balaban J connectivity index is 2.33. The van der Waals surface area contributed by atoms with Crippen LogP contribution in [0, 0.1) is 0 Å². The van der Waals surface area contributed by atoms with Gasteiger partial charge in [0.1, 0.15) is 0 Å². The maximum Gasteiger partial charge on any atom is 0.0404 e. The molecule has 0 saturated carbocycles. The largest absolute Gasteiger partial charge is 0.317 e. The third kappa shape index (κ3) is 3.01. The molecule has 12 heavy (non-hydrogen) atoms. The smallest absolute Gasteiger partial charge is 0.0404 e. The van der Waals surface area contributed by atoms with E-state index < -0.39 is 0 Å². The molecule has 0 aliphatic heterocycles. The fourth-order valence-corrected chi connectivity index (χ4v) is 1.05. The number of aromatic nitrogens is 1. The van der Waals surface area contributed by atoms with Crippen LogP contribution in [0.25, 0.3) is 0 Å². The van der Waals surface area contributed by atoms with Crippen molar-refractivity contribution < 1.29 is 0 Å². The van der Waals surface area contributed by atoms with Gasteiger partial charge in [0.15, 0.2) is 0 Å². The Kier molecular flexibility index (Phi) is 3.74. The summed E-state index contributed by atoms with van der Waals surface area (Å²) in [5, 5.41) is 3.21. The van der Waals surface area contributed by atoms with Gasteiger partial charge in [0, 0.05) is 17.9 Å². The topological polar surface area (TPSA) is 24.9 Å². The molecule has 1 N–H and O–H groups in total. The predicted molar refractivity (Wildman–Crippen MR) is 51.1 cm³/mol. The second-order valence-corrected chi connectivity index (χ2v) is 3.05. The first-order valence-electron chi connectivity index (χ1n) is 4.40. The van der Waals surface area contributed by atoms with E-state index in [-0.39, 0.29) is 0 Å². The number of nitrogens with zero attached hydrogens (tertiary/aromatic N) is 1. The molecule has 1 rings (SSSR count). The summed E-state index contributed by atoms with van der Waals surface area (Å²) in [5.74, 6) is 0. The third-order valence-corrected chi connectivity index (χ3v) is 2.05. The maximum atomic E-state index is 4.26. The average molecular weight is 164 g/mol. The molecule has 0 saturated heterocycles. The highest BCUT2D eigenvalue weighted by atomic mass is 14.8. The Morgan fingerprint density at radius 1 is 1.50 bits per heavy atom. The minimum atomic E-state index is 0.576. The van der Waals surface area contributed by atoms with Crippen LogP contribution in [0.5, 0.6) is 0 Å². The van der Waals surface area contributed by atoms with Crippen molar-refractivity contribution in [2.24, 2.45) is 0 Å². The Hall–Kier alpha value is -0.890. The Morgan fingerprint density at radius 3 is 2.92 bits per heavy atom. The lowest BCUT2D eigenvalue weighted by Gasteiger charge is -2.08. The van der Waals surface area contributed by atoms with Crippen molar-refractivity contribution in [3.05, 3.63) is 30.1 Å². The number of aryl methyl sites for hydroxylation is 1. The first-order chi connectivity index (χ1) is 5.83. The molecule has 0 amide bonds. The zero-order valence-corrected chi connectivity index (χ0v) is 7.75. The Bertz CT molecular complexity index is 208. The molecule has 1 aromatic rings. The number of rotatable bonds is 4. The molecule has 0 radical (unpaired) electrons. The lowest BCUT2D eigenvalue weighted by Crippen LogP contribution is -2.21. The molecule has 1 aromatic heterocycles. The van der Waals surface area contributed by atoms with E-state index in [1.54, 1.807) is 0 Å². The summed E-state index contributed by atoms with van der Waals surface area (Å²) >= 11 is 0. The van der Waals surface area contributed by atoms with Crippen LogP contribution in [0.4, 0.5) is 0 Å². The van der Waals surface area contributed by atoms with Gasteiger partial charge in [-0.15, -0.1) is 0 Å². The quantitative estimate of drug-likeness (QED) is 0.731. The normalized spacial score (nSPS) is 12.8. The van der Waals surface area contributed by atoms with Crippen LogP contribution < -0.4 is 5.32 Å². The fourth-order valence-electron chi connectivity index (χ4n) is 1.05. The Morgan fingerprint density at radius 2 is 2.33 bits per heavy atom. The van der Waals surface area contributed by atoms with Crippen molar-refractivity contribution >= 4 is 0 Å². The fraction of sp³-hybridized carbons (Fsp3) is 0.500. The molecule has 66 valence electrons. The van der Waals surface area contributed by atoms with Gasteiger partial charge in [0.25, 0.3) is 0 Å². The summed E-state index contributed by atoms with van der Waals surface area (Å²) in [5.41, 5.74) is 1.18. The molecule has 1 heterocycles. The molecule has 0 spiro atoms. The van der Waals surface area contributed by atoms with Gasteiger partial charge >= 0.3 is 0 Å². The average Bonchev–Trinajstić information content (AvgIpc) is 2.16. The lowest BCUT2D eigenvalue weighted by molar-refractivity contribution is 0.561. The molecule has 0 bridgehead atoms. The number of pyridine rings is 1. The van der Waals surface area contributed by atoms with Crippen molar-refractivity contribution in [3.63, 3.8) is 0 Å². The van der Waals surface area contributed by atoms with Crippen LogP contribution in [0.1, 0.15) is 19.0 Å². The van der Waals surface area contributed by atoms with Gasteiger partial charge < -0.3 is 5.32 Å². The first-order valence-corrected chi connectivity index (χ1v) is 4.40. The second kappa shape index (κ2) is 4.88. The predicted octanol–water partition coefficient (Wildman–Crippen LogP) is 1.62. The highest BCUT2D eigenvalue weighted by Crippen LogP contribution is 2.00. The molecule has 0 aliphatic rings. The molecular weight excluding hydrogens is 148 g/mol. The van der Waals surface area contributed by atoms with Crippen LogP contribution >= 0.6 is 0 Å². The molecule has 2 heteroatoms. The zero-order chi connectivity index (χ0) is 8.81. The van der Waals surface area contributed by atoms with Crippen LogP contribution in [0.3, 0.4) is 0 Å². The highest BCUT2D eigenvalue weighted by molar-refractivity contribution is 5.03. The van der Waals surface area contributed by atoms with Crippen molar-refractivity contribution in [1.29, 1.82) is 0 Å². The van der Waals surface area contributed by atoms with E-state index in [4.69, 9.17) is 0 Å². The number of hydrogen-bond acceptors (Lipinski definition) is 2. The summed E-state index contributed by atoms with van der Waals surface area (Å²) in [7, 11) is 1.99. The number of hydrogen-bond donors (Lipinski definition) is 1. The summed E-state index contributed by atoms with van der Waals surface area (Å²) < 4.78 is 0. The molecule has 0 fully saturated rings. The van der Waals surface area contributed by atoms with E-state index in [9.17, 15) is 0 Å². The Labute approximate surface area is 74.0 Å². The standard InChI is InChI=1S/C10H16N2/c1-9(11-2)6-7-10-5-3-4-8-12-10/h3-5,8-9,11H,6-7H2,1-2H3. The molecule has 2 nitrogen and oxygen atoms in total. The van der Waals surface area contributed by atoms with Gasteiger partial charge in [-0.05, 0) is 38.9 Å². The molecule has 1 atom stereocenters. The van der Waals surface area contributed by atoms with E-state index in [2.05, 4.69) is 23.3 Å². The van der Waals surface area contributed by atoms with E-state index >= 15 is 0 Å². The summed E-state index contributed by atoms with van der Waals surface area (Å²) in [6, 6.07) is 6.63. The van der Waals surface area contributed by atoms with Crippen LogP contribution in [-0.2, 0) is 6.42 Å². The summed E-state index contributed by atoms with van der Waals surface area (Å²) in [6.45, 7) is 2.18. The number of nitrogens with one attached hydrogen (secondary N) is 1. The minimum absolute atomic E-state index is 0.576.